The maximum atomic E-state index is 12.7. The van der Waals surface area contributed by atoms with Crippen LogP contribution in [0.4, 0.5) is 5.69 Å². The number of nitrogens with one attached hydrogen (secondary N) is 1. The Hall–Kier alpha value is -4.40. The van der Waals surface area contributed by atoms with E-state index in [2.05, 4.69) is 10.3 Å². The van der Waals surface area contributed by atoms with Crippen molar-refractivity contribution in [3.63, 3.8) is 0 Å². The van der Waals surface area contributed by atoms with Gasteiger partial charge in [-0.2, -0.15) is 0 Å². The topological polar surface area (TPSA) is 112 Å². The van der Waals surface area contributed by atoms with Crippen molar-refractivity contribution < 1.29 is 23.6 Å². The lowest BCUT2D eigenvalue weighted by Crippen LogP contribution is -2.17. The number of hydrogen-bond acceptors (Lipinski definition) is 7. The summed E-state index contributed by atoms with van der Waals surface area (Å²) in [7, 11) is 1.54. The Morgan fingerprint density at radius 2 is 1.84 bits per heavy atom. The molecule has 0 fully saturated rings. The molecule has 2 aromatic carbocycles. The summed E-state index contributed by atoms with van der Waals surface area (Å²) in [5.74, 6) is 0.109. The Labute approximate surface area is 182 Å². The third-order valence-electron chi connectivity index (χ3n) is 4.62. The molecule has 0 aliphatic heterocycles. The minimum absolute atomic E-state index is 0.173. The minimum atomic E-state index is -0.666. The number of hydrogen-bond donors (Lipinski definition) is 1. The number of methoxy groups -OCH3 is 1. The minimum Gasteiger partial charge on any atom is -0.497 e. The third kappa shape index (κ3) is 4.36. The normalized spacial score (nSPS) is 10.7. The van der Waals surface area contributed by atoms with Crippen LogP contribution in [-0.4, -0.2) is 28.5 Å². The van der Waals surface area contributed by atoms with Gasteiger partial charge in [0, 0.05) is 17.7 Å². The summed E-state index contributed by atoms with van der Waals surface area (Å²) in [6, 6.07) is 15.9. The number of fused-ring (bicyclic) bond motifs is 1. The van der Waals surface area contributed by atoms with Crippen molar-refractivity contribution in [2.45, 2.75) is 13.5 Å². The van der Waals surface area contributed by atoms with Crippen molar-refractivity contribution in [2.75, 3.05) is 12.4 Å². The number of carbonyl (C=O) groups is 2. The first-order chi connectivity index (χ1) is 15.4. The number of aryl methyl sites for hydroxylation is 1. The highest BCUT2D eigenvalue weighted by Gasteiger charge is 2.16. The fourth-order valence-electron chi connectivity index (χ4n) is 3.07. The smallest absolute Gasteiger partial charge is 0.340 e. The molecule has 0 saturated carbocycles. The van der Waals surface area contributed by atoms with Gasteiger partial charge in [-0.1, -0.05) is 12.1 Å². The fourth-order valence-corrected chi connectivity index (χ4v) is 3.07. The van der Waals surface area contributed by atoms with Gasteiger partial charge in [-0.3, -0.25) is 9.59 Å². The van der Waals surface area contributed by atoms with Gasteiger partial charge in [0.25, 0.3) is 11.5 Å². The van der Waals surface area contributed by atoms with Crippen molar-refractivity contribution in [1.82, 2.24) is 9.56 Å². The standard InChI is InChI=1S/C23H19N3O6/c1-14-11-20-24-16(12-21(27)26(20)32-14)13-31-23(29)18-5-3-4-6-19(18)25-22(28)15-7-9-17(30-2)10-8-15/h3-12H,13H2,1-2H3,(H,25,28). The van der Waals surface area contributed by atoms with Gasteiger partial charge >= 0.3 is 5.97 Å². The summed E-state index contributed by atoms with van der Waals surface area (Å²) in [6.45, 7) is 1.49. The number of rotatable bonds is 6. The van der Waals surface area contributed by atoms with Crippen LogP contribution in [-0.2, 0) is 11.3 Å². The molecule has 0 bridgehead atoms. The summed E-state index contributed by atoms with van der Waals surface area (Å²) in [4.78, 5) is 41.6. The lowest BCUT2D eigenvalue weighted by atomic mass is 10.1. The van der Waals surface area contributed by atoms with E-state index < -0.39 is 11.5 Å². The lowest BCUT2D eigenvalue weighted by molar-refractivity contribution is 0.0469. The molecule has 9 nitrogen and oxygen atoms in total. The number of benzene rings is 2. The highest BCUT2D eigenvalue weighted by molar-refractivity contribution is 6.08. The summed E-state index contributed by atoms with van der Waals surface area (Å²) < 4.78 is 16.7. The van der Waals surface area contributed by atoms with Gasteiger partial charge in [0.15, 0.2) is 5.65 Å². The van der Waals surface area contributed by atoms with E-state index in [1.54, 1.807) is 55.5 Å². The van der Waals surface area contributed by atoms with E-state index >= 15 is 0 Å². The van der Waals surface area contributed by atoms with E-state index in [1.165, 1.54) is 19.2 Å². The maximum absolute atomic E-state index is 12.7. The molecule has 4 rings (SSSR count). The van der Waals surface area contributed by atoms with Gasteiger partial charge in [-0.25, -0.2) is 9.78 Å². The lowest BCUT2D eigenvalue weighted by Gasteiger charge is -2.11. The Morgan fingerprint density at radius 1 is 1.09 bits per heavy atom. The van der Waals surface area contributed by atoms with Crippen LogP contribution in [0.3, 0.4) is 0 Å². The van der Waals surface area contributed by atoms with Gasteiger partial charge in [0.2, 0.25) is 0 Å². The van der Waals surface area contributed by atoms with Crippen LogP contribution in [0, 0.1) is 6.92 Å². The highest BCUT2D eigenvalue weighted by atomic mass is 16.5. The van der Waals surface area contributed by atoms with Gasteiger partial charge < -0.3 is 19.3 Å². The van der Waals surface area contributed by atoms with Gasteiger partial charge in [0.05, 0.1) is 24.1 Å². The van der Waals surface area contributed by atoms with Gasteiger partial charge in [0.1, 0.15) is 18.1 Å². The van der Waals surface area contributed by atoms with E-state index in [1.807, 2.05) is 0 Å². The predicted molar refractivity (Wildman–Crippen MR) is 115 cm³/mol. The van der Waals surface area contributed by atoms with Crippen LogP contribution in [0.25, 0.3) is 5.65 Å². The first-order valence-corrected chi connectivity index (χ1v) is 9.66. The second kappa shape index (κ2) is 8.76. The highest BCUT2D eigenvalue weighted by Crippen LogP contribution is 2.19. The molecule has 0 aliphatic rings. The summed E-state index contributed by atoms with van der Waals surface area (Å²) in [5, 5.41) is 2.72. The van der Waals surface area contributed by atoms with E-state index in [9.17, 15) is 14.4 Å². The van der Waals surface area contributed by atoms with Crippen LogP contribution < -0.4 is 15.6 Å². The van der Waals surface area contributed by atoms with Crippen LogP contribution in [0.2, 0.25) is 0 Å². The molecule has 2 heterocycles. The predicted octanol–water partition coefficient (Wildman–Crippen LogP) is 3.21. The maximum Gasteiger partial charge on any atom is 0.340 e. The Bertz CT molecular complexity index is 1350. The van der Waals surface area contributed by atoms with Crippen LogP contribution in [0.5, 0.6) is 5.75 Å². The zero-order valence-electron chi connectivity index (χ0n) is 17.3. The van der Waals surface area contributed by atoms with Crippen LogP contribution in [0.15, 0.2) is 70.0 Å². The molecule has 32 heavy (non-hydrogen) atoms. The molecule has 0 unspecified atom stereocenters. The average molecular weight is 433 g/mol. The van der Waals surface area contributed by atoms with E-state index in [0.717, 1.165) is 4.57 Å². The quantitative estimate of drug-likeness (QED) is 0.465. The van der Waals surface area contributed by atoms with Crippen molar-refractivity contribution >= 4 is 23.2 Å². The van der Waals surface area contributed by atoms with Crippen molar-refractivity contribution in [3.05, 3.63) is 93.6 Å². The number of esters is 1. The summed E-state index contributed by atoms with van der Waals surface area (Å²) >= 11 is 0. The third-order valence-corrected chi connectivity index (χ3v) is 4.62. The molecule has 0 aliphatic carbocycles. The van der Waals surface area contributed by atoms with Crippen LogP contribution in [0.1, 0.15) is 32.2 Å². The molecule has 9 heteroatoms. The Morgan fingerprint density at radius 3 is 2.59 bits per heavy atom. The number of amides is 1. The van der Waals surface area contributed by atoms with Gasteiger partial charge in [-0.15, -0.1) is 4.57 Å². The SMILES string of the molecule is COc1ccc(C(=O)Nc2ccccc2C(=O)OCc2cc(=O)n3oc(C)cc3n2)cc1. The summed E-state index contributed by atoms with van der Waals surface area (Å²) in [5.41, 5.74) is 1.07. The number of nitrogens with zero attached hydrogens (tertiary/aromatic N) is 2. The average Bonchev–Trinajstić information content (AvgIpc) is 3.18. The Balaban J connectivity index is 1.48. The van der Waals surface area contributed by atoms with Crippen molar-refractivity contribution in [3.8, 4) is 5.75 Å². The number of anilines is 1. The first kappa shape index (κ1) is 20.9. The monoisotopic (exact) mass is 433 g/mol. The number of aromatic nitrogens is 2. The van der Waals surface area contributed by atoms with E-state index in [-0.39, 0.29) is 23.8 Å². The second-order valence-electron chi connectivity index (χ2n) is 6.89. The number of para-hydroxylation sites is 1. The number of ether oxygens (including phenoxy) is 2. The molecule has 0 saturated heterocycles. The van der Waals surface area contributed by atoms with Crippen LogP contribution >= 0.6 is 0 Å². The molecule has 1 N–H and O–H groups in total. The Kier molecular flexibility index (Phi) is 5.71. The zero-order chi connectivity index (χ0) is 22.7. The molecular weight excluding hydrogens is 414 g/mol. The fraction of sp³-hybridized carbons (Fsp3) is 0.130. The molecule has 2 aromatic heterocycles. The molecular formula is C23H19N3O6. The second-order valence-corrected chi connectivity index (χ2v) is 6.89. The summed E-state index contributed by atoms with van der Waals surface area (Å²) in [6.07, 6.45) is 0. The zero-order valence-corrected chi connectivity index (χ0v) is 17.3. The van der Waals surface area contributed by atoms with Gasteiger partial charge in [-0.05, 0) is 43.3 Å². The molecule has 0 radical (unpaired) electrons. The first-order valence-electron chi connectivity index (χ1n) is 9.66. The molecule has 162 valence electrons. The molecule has 0 spiro atoms. The molecule has 1 amide bonds. The molecule has 0 atom stereocenters. The van der Waals surface area contributed by atoms with E-state index in [0.29, 0.717) is 28.4 Å². The van der Waals surface area contributed by atoms with Crippen molar-refractivity contribution in [2.24, 2.45) is 0 Å². The number of carbonyl (C=O) groups excluding carboxylic acids is 2. The largest absolute Gasteiger partial charge is 0.497 e. The van der Waals surface area contributed by atoms with Crippen molar-refractivity contribution in [1.29, 1.82) is 0 Å². The molecule has 4 aromatic rings. The van der Waals surface area contributed by atoms with E-state index in [4.69, 9.17) is 14.0 Å².